The number of aliphatic carboxylic acids is 5. The standard InChI is InChI=1S/C14H23N3O10.C13H25N2O2/c18-10(19)5-15(1-3-16(6-11(20)21)7-12(22)23)2-4-17(8-13(24)25)9-14(26)27;1-13(2,3)17-12(16)15-9-11-6-4-10(8-14)5-7-11/h1-9H2,(H,18,19)(H,20,21)(H,22,23)(H,24,25)(H,26,27);10-11,14H,4-9H2,1-3H3,(H,15,16)/q;-1. The van der Waals surface area contributed by atoms with Crippen molar-refractivity contribution in [3.63, 3.8) is 0 Å². The average Bonchev–Trinajstić information content (AvgIpc) is 2.87. The second-order valence-corrected chi connectivity index (χ2v) is 11.6. The molecule has 254 valence electrons. The van der Waals surface area contributed by atoms with Gasteiger partial charge in [0.1, 0.15) is 5.60 Å². The van der Waals surface area contributed by atoms with Crippen molar-refractivity contribution < 1.29 is 59.0 Å². The number of nitrogens with zero attached hydrogens (tertiary/aromatic N) is 3. The van der Waals surface area contributed by atoms with Crippen LogP contribution in [0.3, 0.4) is 0 Å². The second kappa shape index (κ2) is 21.2. The molecule has 1 aliphatic rings. The molecule has 0 saturated heterocycles. The molecular formula is C27H48N5O12-. The third kappa shape index (κ3) is 23.0. The maximum Gasteiger partial charge on any atom is 0.407 e. The summed E-state index contributed by atoms with van der Waals surface area (Å²) >= 11 is 0. The van der Waals surface area contributed by atoms with Gasteiger partial charge in [-0.15, -0.1) is 6.54 Å². The van der Waals surface area contributed by atoms with E-state index < -0.39 is 68.2 Å². The molecule has 0 atom stereocenters. The molecule has 17 heteroatoms. The first kappa shape index (κ1) is 40.5. The van der Waals surface area contributed by atoms with Gasteiger partial charge in [0.05, 0.1) is 32.7 Å². The number of hydrogen-bond donors (Lipinski definition) is 6. The predicted octanol–water partition coefficient (Wildman–Crippen LogP) is 0.685. The fourth-order valence-electron chi connectivity index (χ4n) is 4.40. The number of nitrogens with one attached hydrogen (secondary N) is 2. The predicted molar refractivity (Wildman–Crippen MR) is 156 cm³/mol. The first-order valence-corrected chi connectivity index (χ1v) is 14.3. The third-order valence-corrected chi connectivity index (χ3v) is 6.45. The number of hydrogen-bond acceptors (Lipinski definition) is 10. The van der Waals surface area contributed by atoms with Gasteiger partial charge in [-0.3, -0.25) is 38.7 Å². The van der Waals surface area contributed by atoms with Crippen LogP contribution >= 0.6 is 0 Å². The van der Waals surface area contributed by atoms with Crippen LogP contribution in [0.25, 0.3) is 5.73 Å². The summed E-state index contributed by atoms with van der Waals surface area (Å²) in [6.45, 7) is 4.12. The Kier molecular flexibility index (Phi) is 19.5. The lowest BCUT2D eigenvalue weighted by molar-refractivity contribution is -0.143. The first-order chi connectivity index (χ1) is 20.4. The van der Waals surface area contributed by atoms with Gasteiger partial charge in [0.2, 0.25) is 0 Å². The SMILES string of the molecule is CC(C)(C)OC(=O)NCC1CCC(C[NH-])CC1.O=C(O)CN(CCN(CC(=O)O)CC(=O)O)CCN(CC(=O)O)CC(=O)O. The largest absolute Gasteiger partial charge is 0.677 e. The summed E-state index contributed by atoms with van der Waals surface area (Å²) in [4.78, 5) is 69.1. The Balaban J connectivity index is 0.000000928. The van der Waals surface area contributed by atoms with E-state index in [1.807, 2.05) is 20.8 Å². The van der Waals surface area contributed by atoms with Gasteiger partial charge in [0.15, 0.2) is 0 Å². The van der Waals surface area contributed by atoms with Gasteiger partial charge in [0, 0.05) is 32.7 Å². The minimum absolute atomic E-state index is 0.000836. The number of carbonyl (C=O) groups excluding carboxylic acids is 1. The Morgan fingerprint density at radius 2 is 0.955 bits per heavy atom. The fourth-order valence-corrected chi connectivity index (χ4v) is 4.40. The minimum atomic E-state index is -1.24. The number of carbonyl (C=O) groups is 6. The van der Waals surface area contributed by atoms with E-state index in [4.69, 9.17) is 36.0 Å². The molecule has 17 nitrogen and oxygen atoms in total. The molecule has 0 aliphatic heterocycles. The van der Waals surface area contributed by atoms with Crippen molar-refractivity contribution in [3.8, 4) is 0 Å². The van der Waals surface area contributed by atoms with Crippen LogP contribution in [0.5, 0.6) is 0 Å². The quantitative estimate of drug-likeness (QED) is 0.114. The van der Waals surface area contributed by atoms with Gasteiger partial charge < -0.3 is 41.3 Å². The summed E-state index contributed by atoms with van der Waals surface area (Å²) in [5.41, 5.74) is 6.92. The normalized spacial score (nSPS) is 16.6. The molecule has 7 N–H and O–H groups in total. The van der Waals surface area contributed by atoms with Gasteiger partial charge in [-0.25, -0.2) is 4.79 Å². The molecule has 0 bridgehead atoms. The highest BCUT2D eigenvalue weighted by molar-refractivity contribution is 5.73. The lowest BCUT2D eigenvalue weighted by Crippen LogP contribution is -2.45. The molecule has 1 fully saturated rings. The molecule has 0 heterocycles. The van der Waals surface area contributed by atoms with Crippen molar-refractivity contribution in [3.05, 3.63) is 5.73 Å². The number of amides is 1. The highest BCUT2D eigenvalue weighted by atomic mass is 16.6. The molecule has 0 spiro atoms. The van der Waals surface area contributed by atoms with E-state index in [2.05, 4.69) is 5.32 Å². The summed E-state index contributed by atoms with van der Waals surface area (Å²) in [5.74, 6) is -5.02. The van der Waals surface area contributed by atoms with E-state index in [0.29, 0.717) is 24.9 Å². The van der Waals surface area contributed by atoms with E-state index in [-0.39, 0.29) is 32.3 Å². The summed E-state index contributed by atoms with van der Waals surface area (Å²) in [6.07, 6.45) is 4.19. The molecule has 1 aliphatic carbocycles. The highest BCUT2D eigenvalue weighted by Gasteiger charge is 2.22. The lowest BCUT2D eigenvalue weighted by Gasteiger charge is -2.30. The molecule has 0 aromatic carbocycles. The average molecular weight is 635 g/mol. The maximum atomic E-state index is 11.5. The third-order valence-electron chi connectivity index (χ3n) is 6.45. The van der Waals surface area contributed by atoms with Crippen molar-refractivity contribution in [1.82, 2.24) is 20.0 Å². The van der Waals surface area contributed by atoms with Crippen LogP contribution in [0.4, 0.5) is 4.79 Å². The van der Waals surface area contributed by atoms with Crippen LogP contribution in [0, 0.1) is 11.8 Å². The van der Waals surface area contributed by atoms with E-state index in [0.717, 1.165) is 35.5 Å². The molecule has 1 rings (SSSR count). The summed E-state index contributed by atoms with van der Waals surface area (Å²) in [6, 6.07) is 0. The minimum Gasteiger partial charge on any atom is -0.677 e. The van der Waals surface area contributed by atoms with Crippen LogP contribution < -0.4 is 5.32 Å². The molecular weight excluding hydrogens is 586 g/mol. The Bertz CT molecular complexity index is 863. The van der Waals surface area contributed by atoms with Gasteiger partial charge in [0.25, 0.3) is 0 Å². The monoisotopic (exact) mass is 634 g/mol. The Labute approximate surface area is 256 Å². The van der Waals surface area contributed by atoms with Crippen molar-refractivity contribution in [2.45, 2.75) is 52.1 Å². The maximum absolute atomic E-state index is 11.5. The summed E-state index contributed by atoms with van der Waals surface area (Å²) in [5, 5.41) is 46.9. The number of carboxylic acids is 5. The number of alkyl carbamates (subject to hydrolysis) is 1. The number of rotatable bonds is 19. The van der Waals surface area contributed by atoms with Gasteiger partial charge >= 0.3 is 35.9 Å². The molecule has 44 heavy (non-hydrogen) atoms. The molecule has 0 aromatic heterocycles. The van der Waals surface area contributed by atoms with Crippen LogP contribution in [-0.4, -0.2) is 154 Å². The van der Waals surface area contributed by atoms with Crippen LogP contribution in [0.2, 0.25) is 0 Å². The zero-order valence-electron chi connectivity index (χ0n) is 25.7. The first-order valence-electron chi connectivity index (χ1n) is 14.3. The van der Waals surface area contributed by atoms with Crippen LogP contribution in [-0.2, 0) is 28.7 Å². The molecule has 1 amide bonds. The molecule has 0 aromatic rings. The van der Waals surface area contributed by atoms with E-state index in [9.17, 15) is 28.8 Å². The molecule has 0 unspecified atom stereocenters. The Morgan fingerprint density at radius 3 is 1.27 bits per heavy atom. The molecule has 0 radical (unpaired) electrons. The van der Waals surface area contributed by atoms with Crippen LogP contribution in [0.15, 0.2) is 0 Å². The zero-order chi connectivity index (χ0) is 33.9. The highest BCUT2D eigenvalue weighted by Crippen LogP contribution is 2.28. The van der Waals surface area contributed by atoms with Gasteiger partial charge in [-0.1, -0.05) is 18.8 Å². The van der Waals surface area contributed by atoms with Crippen molar-refractivity contribution in [2.75, 3.05) is 72.0 Å². The Morgan fingerprint density at radius 1 is 0.636 bits per heavy atom. The van der Waals surface area contributed by atoms with Gasteiger partial charge in [-0.05, 0) is 39.5 Å². The molecule has 1 saturated carbocycles. The lowest BCUT2D eigenvalue weighted by atomic mass is 9.82. The fraction of sp³-hybridized carbons (Fsp3) is 0.778. The Hall–Kier alpha value is -3.54. The summed E-state index contributed by atoms with van der Waals surface area (Å²) in [7, 11) is 0. The van der Waals surface area contributed by atoms with Gasteiger partial charge in [-0.2, -0.15) is 0 Å². The topological polar surface area (TPSA) is 258 Å². The van der Waals surface area contributed by atoms with E-state index in [1.165, 1.54) is 4.90 Å². The van der Waals surface area contributed by atoms with E-state index >= 15 is 0 Å². The number of carboxylic acid groups (broad SMARTS) is 5. The van der Waals surface area contributed by atoms with Crippen molar-refractivity contribution >= 4 is 35.9 Å². The smallest absolute Gasteiger partial charge is 0.407 e. The van der Waals surface area contributed by atoms with Crippen molar-refractivity contribution in [2.24, 2.45) is 11.8 Å². The van der Waals surface area contributed by atoms with Crippen LogP contribution in [0.1, 0.15) is 46.5 Å². The second-order valence-electron chi connectivity index (χ2n) is 11.6. The van der Waals surface area contributed by atoms with Crippen molar-refractivity contribution in [1.29, 1.82) is 0 Å². The number of ether oxygens (including phenoxy) is 1. The zero-order valence-corrected chi connectivity index (χ0v) is 25.7. The summed E-state index contributed by atoms with van der Waals surface area (Å²) < 4.78 is 5.19. The van der Waals surface area contributed by atoms with E-state index in [1.54, 1.807) is 0 Å².